The number of nitrogens with one attached hydrogen (secondary N) is 1. The van der Waals surface area contributed by atoms with Crippen molar-refractivity contribution in [3.8, 4) is 0 Å². The number of hydrogen-bond donors (Lipinski definition) is 0. The van der Waals surface area contributed by atoms with E-state index in [0.29, 0.717) is 5.82 Å². The third-order valence-corrected chi connectivity index (χ3v) is 9.21. The number of aromatic nitrogens is 1. The number of imide groups is 1. The first-order valence-electron chi connectivity index (χ1n) is 9.43. The number of benzene rings is 2. The van der Waals surface area contributed by atoms with Gasteiger partial charge in [-0.3, -0.25) is 0 Å². The van der Waals surface area contributed by atoms with Crippen molar-refractivity contribution in [2.24, 2.45) is 11.8 Å². The largest absolute Gasteiger partial charge is 0.323 e. The number of aromatic amines is 1. The predicted molar refractivity (Wildman–Crippen MR) is 115 cm³/mol. The number of alkyl halides is 2. The van der Waals surface area contributed by atoms with Crippen molar-refractivity contribution in [2.45, 2.75) is 8.65 Å². The minimum Gasteiger partial charge on any atom is -0.247 e. The van der Waals surface area contributed by atoms with E-state index in [1.165, 1.54) is 4.90 Å². The van der Waals surface area contributed by atoms with E-state index >= 15 is 0 Å². The first-order chi connectivity index (χ1) is 14.0. The van der Waals surface area contributed by atoms with Gasteiger partial charge in [-0.05, 0) is 28.3 Å². The number of rotatable bonds is 1. The van der Waals surface area contributed by atoms with E-state index in [1.54, 1.807) is 12.3 Å². The Morgan fingerprint density at radius 1 is 0.690 bits per heavy atom. The number of halogens is 2. The maximum atomic E-state index is 13.7. The number of carbonyl (C=O) groups excluding carboxylic acids is 2. The lowest BCUT2D eigenvalue weighted by Crippen LogP contribution is -2.56. The lowest BCUT2D eigenvalue weighted by Gasteiger charge is -2.54. The Morgan fingerprint density at radius 3 is 1.48 bits per heavy atom. The van der Waals surface area contributed by atoms with Gasteiger partial charge in [-0.25, -0.2) is 14.6 Å². The van der Waals surface area contributed by atoms with Crippen LogP contribution in [0.25, 0.3) is 0 Å². The molecule has 1 fully saturated rings. The zero-order valence-electron chi connectivity index (χ0n) is 15.1. The van der Waals surface area contributed by atoms with Gasteiger partial charge in [-0.2, -0.15) is 0 Å². The molecule has 0 radical (unpaired) electrons. The Hall–Kier alpha value is -2.31. The van der Waals surface area contributed by atoms with E-state index in [0.717, 1.165) is 22.3 Å². The molecule has 7 rings (SSSR count). The molecule has 29 heavy (non-hydrogen) atoms. The summed E-state index contributed by atoms with van der Waals surface area (Å²) in [6.45, 7) is 0. The number of anilines is 1. The Kier molecular flexibility index (Phi) is 3.41. The van der Waals surface area contributed by atoms with E-state index in [4.69, 9.17) is 0 Å². The molecule has 1 aromatic heterocycles. The summed E-state index contributed by atoms with van der Waals surface area (Å²) in [5.74, 6) is -0.975. The van der Waals surface area contributed by atoms with Gasteiger partial charge < -0.3 is 0 Å². The number of carbonyl (C=O) groups is 2. The molecule has 2 atom stereocenters. The second-order valence-corrected chi connectivity index (χ2v) is 10.2. The summed E-state index contributed by atoms with van der Waals surface area (Å²) in [4.78, 5) is 31.9. The van der Waals surface area contributed by atoms with E-state index in [1.807, 2.05) is 36.4 Å². The molecule has 1 N–H and O–H groups in total. The first kappa shape index (κ1) is 17.5. The molecule has 2 amide bonds. The van der Waals surface area contributed by atoms with Gasteiger partial charge in [0.25, 0.3) is 5.82 Å². The van der Waals surface area contributed by atoms with Crippen LogP contribution in [-0.2, 0) is 18.2 Å². The van der Waals surface area contributed by atoms with Gasteiger partial charge >= 0.3 is 11.8 Å². The van der Waals surface area contributed by atoms with Gasteiger partial charge in [0.15, 0.2) is 0 Å². The van der Waals surface area contributed by atoms with E-state index in [2.05, 4.69) is 61.1 Å². The van der Waals surface area contributed by atoms with Crippen molar-refractivity contribution in [2.75, 3.05) is 4.90 Å². The van der Waals surface area contributed by atoms with Crippen molar-refractivity contribution in [1.29, 1.82) is 0 Å². The van der Waals surface area contributed by atoms with Gasteiger partial charge in [-0.15, -0.1) is 4.90 Å². The molecule has 3 aliphatic carbocycles. The summed E-state index contributed by atoms with van der Waals surface area (Å²) in [6, 6.07) is 21.6. The zero-order valence-corrected chi connectivity index (χ0v) is 18.3. The smallest absolute Gasteiger partial charge is 0.247 e. The Balaban J connectivity index is 1.69. The molecule has 2 unspecified atom stereocenters. The monoisotopic (exact) mass is 509 g/mol. The molecule has 2 aromatic carbocycles. The summed E-state index contributed by atoms with van der Waals surface area (Å²) >= 11 is 8.00. The van der Waals surface area contributed by atoms with Crippen LogP contribution < -0.4 is 9.88 Å². The first-order valence-corrected chi connectivity index (χ1v) is 11.0. The summed E-state index contributed by atoms with van der Waals surface area (Å²) in [7, 11) is 0. The van der Waals surface area contributed by atoms with Crippen LogP contribution in [0.5, 0.6) is 0 Å². The normalized spacial score (nSPS) is 31.4. The van der Waals surface area contributed by atoms with Crippen LogP contribution in [0.1, 0.15) is 22.3 Å². The van der Waals surface area contributed by atoms with Crippen molar-refractivity contribution >= 4 is 49.5 Å². The molecule has 1 aliphatic heterocycles. The van der Waals surface area contributed by atoms with Crippen molar-refractivity contribution in [3.05, 3.63) is 95.2 Å². The predicted octanol–water partition coefficient (Wildman–Crippen LogP) is 3.91. The number of nitrogens with zero attached hydrogens (tertiary/aromatic N) is 1. The zero-order chi connectivity index (χ0) is 20.0. The molecule has 142 valence electrons. The molecule has 0 spiro atoms. The molecule has 0 saturated carbocycles. The van der Waals surface area contributed by atoms with Gasteiger partial charge in [0.1, 0.15) is 11.8 Å². The lowest BCUT2D eigenvalue weighted by molar-refractivity contribution is -0.362. The minimum absolute atomic E-state index is 0.188. The lowest BCUT2D eigenvalue weighted by atomic mass is 9.54. The van der Waals surface area contributed by atoms with E-state index < -0.39 is 20.5 Å². The highest BCUT2D eigenvalue weighted by Crippen LogP contribution is 2.70. The topological polar surface area (TPSA) is 51.5 Å². The van der Waals surface area contributed by atoms with Crippen molar-refractivity contribution in [3.63, 3.8) is 0 Å². The Morgan fingerprint density at radius 2 is 1.10 bits per heavy atom. The summed E-state index contributed by atoms with van der Waals surface area (Å²) in [6.07, 6.45) is 1.73. The Labute approximate surface area is 184 Å². The number of H-pyrrole nitrogens is 1. The highest BCUT2D eigenvalue weighted by Gasteiger charge is 2.75. The third-order valence-electron chi connectivity index (χ3n) is 6.52. The third kappa shape index (κ3) is 1.87. The fourth-order valence-electron chi connectivity index (χ4n) is 5.43. The Bertz CT molecular complexity index is 1090. The molecule has 3 aromatic rings. The summed E-state index contributed by atoms with van der Waals surface area (Å²) in [5, 5.41) is 0. The van der Waals surface area contributed by atoms with Crippen LogP contribution in [0, 0.1) is 11.8 Å². The van der Waals surface area contributed by atoms with Crippen molar-refractivity contribution in [1.82, 2.24) is 0 Å². The van der Waals surface area contributed by atoms with Crippen LogP contribution >= 0.6 is 31.9 Å². The molecule has 1 saturated heterocycles. The van der Waals surface area contributed by atoms with Crippen LogP contribution in [0.4, 0.5) is 5.82 Å². The quantitative estimate of drug-likeness (QED) is 0.368. The minimum atomic E-state index is -0.753. The maximum absolute atomic E-state index is 13.7. The second kappa shape index (κ2) is 5.64. The fraction of sp³-hybridized carbons (Fsp3) is 0.174. The van der Waals surface area contributed by atoms with Crippen molar-refractivity contribution < 1.29 is 14.6 Å². The molecular weight excluding hydrogens is 496 g/mol. The van der Waals surface area contributed by atoms with Crippen LogP contribution in [0.3, 0.4) is 0 Å². The highest BCUT2D eigenvalue weighted by molar-refractivity contribution is 9.10. The molecule has 6 heteroatoms. The molecule has 2 bridgehead atoms. The molecular formula is C23H15Br2N2O2+. The highest BCUT2D eigenvalue weighted by atomic mass is 79.9. The summed E-state index contributed by atoms with van der Waals surface area (Å²) < 4.78 is -1.51. The van der Waals surface area contributed by atoms with Gasteiger partial charge in [-0.1, -0.05) is 86.5 Å². The SMILES string of the molecule is O=C1C2C(C(=O)N1c1cccc[nH+]1)C1(Br)c3ccccc3C2(Br)c2ccccc21. The number of pyridine rings is 1. The number of amides is 2. The standard InChI is InChI=1S/C23H14Br2N2O2/c24-22-13-7-1-2-8-14(13)23(25,16-10-4-3-9-15(16)22)19-18(22)20(28)27(21(19)29)17-11-5-6-12-26-17/h1-12,18-19H/p+1. The van der Waals surface area contributed by atoms with E-state index in [-0.39, 0.29) is 11.8 Å². The summed E-state index contributed by atoms with van der Waals surface area (Å²) in [5.41, 5.74) is 4.16. The average Bonchev–Trinajstić information content (AvgIpc) is 3.04. The average molecular weight is 511 g/mol. The van der Waals surface area contributed by atoms with Crippen LogP contribution in [0.15, 0.2) is 72.9 Å². The van der Waals surface area contributed by atoms with Crippen LogP contribution in [0.2, 0.25) is 0 Å². The number of hydrogen-bond acceptors (Lipinski definition) is 2. The maximum Gasteiger partial charge on any atom is 0.323 e. The van der Waals surface area contributed by atoms with Gasteiger partial charge in [0.05, 0.1) is 14.8 Å². The second-order valence-electron chi connectivity index (χ2n) is 7.73. The fourth-order valence-corrected chi connectivity index (χ4v) is 7.73. The van der Waals surface area contributed by atoms with Crippen LogP contribution in [-0.4, -0.2) is 11.8 Å². The van der Waals surface area contributed by atoms with E-state index in [9.17, 15) is 9.59 Å². The molecule has 2 heterocycles. The van der Waals surface area contributed by atoms with Gasteiger partial charge in [0, 0.05) is 6.07 Å². The molecule has 4 aliphatic rings. The molecule has 4 nitrogen and oxygen atoms in total. The van der Waals surface area contributed by atoms with Gasteiger partial charge in [0.2, 0.25) is 0 Å².